The number of nitrogens with zero attached hydrogens (tertiary/aromatic N) is 4. The Morgan fingerprint density at radius 3 is 2.85 bits per heavy atom. The number of nitrogens with one attached hydrogen (secondary N) is 1. The van der Waals surface area contributed by atoms with E-state index in [1.165, 1.54) is 10.8 Å². The molecule has 26 heavy (non-hydrogen) atoms. The van der Waals surface area contributed by atoms with Crippen LogP contribution in [-0.2, 0) is 23.2 Å². The molecule has 1 aliphatic carbocycles. The lowest BCUT2D eigenvalue weighted by molar-refractivity contribution is -0.391. The predicted octanol–water partition coefficient (Wildman–Crippen LogP) is 2.44. The standard InChI is InChI=1S/C17H21N5O4/c1-20-15(19-10-16(20)22(24)25)11-26-14-7-6-12(9-13(14)18)21-8-4-2-3-5-17(21)23/h6-7,10,18H,2-5,8-9,11H2,1H3. The van der Waals surface area contributed by atoms with Crippen molar-refractivity contribution in [1.82, 2.24) is 14.5 Å². The van der Waals surface area contributed by atoms with Crippen molar-refractivity contribution >= 4 is 17.4 Å². The minimum atomic E-state index is -0.508. The van der Waals surface area contributed by atoms with Crippen molar-refractivity contribution in [2.75, 3.05) is 6.54 Å². The number of amides is 1. The van der Waals surface area contributed by atoms with Gasteiger partial charge in [-0.15, -0.1) is 0 Å². The van der Waals surface area contributed by atoms with Gasteiger partial charge >= 0.3 is 5.82 Å². The van der Waals surface area contributed by atoms with Crippen molar-refractivity contribution in [2.24, 2.45) is 7.05 Å². The van der Waals surface area contributed by atoms with Gasteiger partial charge in [-0.2, -0.15) is 0 Å². The van der Waals surface area contributed by atoms with Crippen molar-refractivity contribution in [3.63, 3.8) is 0 Å². The number of imidazole rings is 1. The lowest BCUT2D eigenvalue weighted by Crippen LogP contribution is -2.31. The Bertz CT molecular complexity index is 808. The molecule has 2 heterocycles. The molecule has 138 valence electrons. The third-order valence-corrected chi connectivity index (χ3v) is 4.61. The summed E-state index contributed by atoms with van der Waals surface area (Å²) in [6.07, 6.45) is 8.50. The Hall–Kier alpha value is -2.97. The molecule has 0 radical (unpaired) electrons. The van der Waals surface area contributed by atoms with E-state index < -0.39 is 4.92 Å². The summed E-state index contributed by atoms with van der Waals surface area (Å²) in [4.78, 5) is 28.3. The van der Waals surface area contributed by atoms with Gasteiger partial charge in [-0.3, -0.25) is 4.79 Å². The summed E-state index contributed by atoms with van der Waals surface area (Å²) < 4.78 is 6.98. The van der Waals surface area contributed by atoms with E-state index in [1.54, 1.807) is 18.0 Å². The van der Waals surface area contributed by atoms with Crippen molar-refractivity contribution in [3.05, 3.63) is 45.7 Å². The molecule has 0 unspecified atom stereocenters. The van der Waals surface area contributed by atoms with Crippen LogP contribution in [0.5, 0.6) is 0 Å². The number of likely N-dealkylation sites (tertiary alicyclic amines) is 1. The van der Waals surface area contributed by atoms with E-state index in [9.17, 15) is 14.9 Å². The molecule has 1 aromatic rings. The minimum absolute atomic E-state index is 0.0321. The van der Waals surface area contributed by atoms with Gasteiger partial charge in [0.15, 0.2) is 6.61 Å². The van der Waals surface area contributed by atoms with E-state index in [1.807, 2.05) is 6.08 Å². The molecule has 1 aromatic heterocycles. The maximum Gasteiger partial charge on any atom is 0.342 e. The first-order chi connectivity index (χ1) is 12.5. The van der Waals surface area contributed by atoms with E-state index in [-0.39, 0.29) is 24.0 Å². The van der Waals surface area contributed by atoms with Crippen LogP contribution >= 0.6 is 0 Å². The number of allylic oxidation sites excluding steroid dienone is 4. The molecule has 2 aliphatic rings. The average Bonchev–Trinajstić information content (AvgIpc) is 2.83. The van der Waals surface area contributed by atoms with E-state index in [0.717, 1.165) is 25.0 Å². The van der Waals surface area contributed by atoms with Gasteiger partial charge in [-0.25, -0.2) is 9.55 Å². The van der Waals surface area contributed by atoms with Gasteiger partial charge < -0.3 is 25.2 Å². The number of rotatable bonds is 5. The molecule has 0 saturated carbocycles. The zero-order chi connectivity index (χ0) is 18.7. The molecular formula is C17H21N5O4. The number of carbonyl (C=O) groups excluding carboxylic acids is 1. The largest absolute Gasteiger partial charge is 0.481 e. The van der Waals surface area contributed by atoms with Gasteiger partial charge in [0.1, 0.15) is 12.0 Å². The maximum atomic E-state index is 12.2. The molecule has 1 amide bonds. The highest BCUT2D eigenvalue weighted by molar-refractivity contribution is 5.99. The second kappa shape index (κ2) is 7.51. The fraction of sp³-hybridized carbons (Fsp3) is 0.471. The van der Waals surface area contributed by atoms with Crippen molar-refractivity contribution < 1.29 is 14.5 Å². The predicted molar refractivity (Wildman–Crippen MR) is 93.3 cm³/mol. The molecule has 1 N–H and O–H groups in total. The molecule has 3 rings (SSSR count). The molecular weight excluding hydrogens is 338 g/mol. The molecule has 1 saturated heterocycles. The smallest absolute Gasteiger partial charge is 0.342 e. The van der Waals surface area contributed by atoms with Crippen LogP contribution in [0.2, 0.25) is 0 Å². The first-order valence-electron chi connectivity index (χ1n) is 8.54. The van der Waals surface area contributed by atoms with Gasteiger partial charge in [-0.1, -0.05) is 6.42 Å². The summed E-state index contributed by atoms with van der Waals surface area (Å²) in [6, 6.07) is 0. The number of hydrogen-bond acceptors (Lipinski definition) is 6. The summed E-state index contributed by atoms with van der Waals surface area (Å²) in [5.41, 5.74) is 1.10. The first-order valence-corrected chi connectivity index (χ1v) is 8.54. The second-order valence-corrected chi connectivity index (χ2v) is 6.34. The van der Waals surface area contributed by atoms with Crippen LogP contribution in [0.15, 0.2) is 29.8 Å². The lowest BCUT2D eigenvalue weighted by Gasteiger charge is -2.26. The number of nitro groups is 1. The maximum absolute atomic E-state index is 12.2. The van der Waals surface area contributed by atoms with Crippen LogP contribution in [0, 0.1) is 15.5 Å². The molecule has 0 atom stereocenters. The van der Waals surface area contributed by atoms with Gasteiger partial charge in [-0.05, 0) is 29.9 Å². The fourth-order valence-electron chi connectivity index (χ4n) is 3.09. The molecule has 9 nitrogen and oxygen atoms in total. The number of carbonyl (C=O) groups is 1. The van der Waals surface area contributed by atoms with Crippen molar-refractivity contribution in [3.8, 4) is 0 Å². The highest BCUT2D eigenvalue weighted by Gasteiger charge is 2.25. The molecule has 0 aromatic carbocycles. The van der Waals surface area contributed by atoms with Crippen LogP contribution in [0.25, 0.3) is 0 Å². The Morgan fingerprint density at radius 1 is 1.35 bits per heavy atom. The van der Waals surface area contributed by atoms with Crippen LogP contribution in [-0.4, -0.2) is 37.5 Å². The normalized spacial score (nSPS) is 18.3. The molecule has 1 aliphatic heterocycles. The lowest BCUT2D eigenvalue weighted by atomic mass is 10.1. The van der Waals surface area contributed by atoms with E-state index in [4.69, 9.17) is 10.1 Å². The third-order valence-electron chi connectivity index (χ3n) is 4.61. The van der Waals surface area contributed by atoms with Gasteiger partial charge in [0.05, 0.1) is 12.8 Å². The van der Waals surface area contributed by atoms with Gasteiger partial charge in [0.25, 0.3) is 0 Å². The monoisotopic (exact) mass is 359 g/mol. The summed E-state index contributed by atoms with van der Waals surface area (Å²) >= 11 is 0. The van der Waals surface area contributed by atoms with E-state index >= 15 is 0 Å². The van der Waals surface area contributed by atoms with Crippen molar-refractivity contribution in [2.45, 2.75) is 38.7 Å². The fourth-order valence-corrected chi connectivity index (χ4v) is 3.09. The highest BCUT2D eigenvalue weighted by Crippen LogP contribution is 2.24. The Kier molecular flexibility index (Phi) is 5.15. The average molecular weight is 359 g/mol. The van der Waals surface area contributed by atoms with Crippen molar-refractivity contribution in [1.29, 1.82) is 5.41 Å². The van der Waals surface area contributed by atoms with Crippen LogP contribution in [0.4, 0.5) is 5.82 Å². The Balaban J connectivity index is 1.68. The molecule has 0 bridgehead atoms. The SMILES string of the molecule is Cn1c([N+](=O)[O-])cnc1COC1=CC=C(N2CCCCCC2=O)CC1=N. The second-order valence-electron chi connectivity index (χ2n) is 6.34. The summed E-state index contributed by atoms with van der Waals surface area (Å²) in [6.45, 7) is 0.725. The highest BCUT2D eigenvalue weighted by atomic mass is 16.6. The zero-order valence-electron chi connectivity index (χ0n) is 14.6. The molecule has 1 fully saturated rings. The van der Waals surface area contributed by atoms with E-state index in [0.29, 0.717) is 31.0 Å². The number of ether oxygens (including phenoxy) is 1. The molecule has 9 heteroatoms. The van der Waals surface area contributed by atoms with Gasteiger partial charge in [0.2, 0.25) is 11.7 Å². The summed E-state index contributed by atoms with van der Waals surface area (Å²) in [5, 5.41) is 19.0. The first kappa shape index (κ1) is 17.8. The topological polar surface area (TPSA) is 114 Å². The van der Waals surface area contributed by atoms with Crippen LogP contribution < -0.4 is 0 Å². The van der Waals surface area contributed by atoms with E-state index in [2.05, 4.69) is 4.98 Å². The Labute approximate surface area is 150 Å². The summed E-state index contributed by atoms with van der Waals surface area (Å²) in [7, 11) is 1.55. The third kappa shape index (κ3) is 3.66. The van der Waals surface area contributed by atoms with Crippen LogP contribution in [0.3, 0.4) is 0 Å². The minimum Gasteiger partial charge on any atom is -0.481 e. The molecule has 0 spiro atoms. The quantitative estimate of drug-likeness (QED) is 0.640. The van der Waals surface area contributed by atoms with Gasteiger partial charge in [0, 0.05) is 25.1 Å². The number of aromatic nitrogens is 2. The summed E-state index contributed by atoms with van der Waals surface area (Å²) in [5.74, 6) is 0.794. The number of hydrogen-bond donors (Lipinski definition) is 1. The van der Waals surface area contributed by atoms with Crippen LogP contribution in [0.1, 0.15) is 37.9 Å². The zero-order valence-corrected chi connectivity index (χ0v) is 14.6. The Morgan fingerprint density at radius 2 is 2.15 bits per heavy atom.